The summed E-state index contributed by atoms with van der Waals surface area (Å²) in [4.78, 5) is 10.2. The van der Waals surface area contributed by atoms with Crippen molar-refractivity contribution in [3.8, 4) is 5.75 Å². The topological polar surface area (TPSA) is 93.9 Å². The molecule has 0 radical (unpaired) electrons. The molecule has 0 atom stereocenters. The van der Waals surface area contributed by atoms with E-state index in [9.17, 15) is 10.1 Å². The molecule has 0 unspecified atom stereocenters. The molecule has 1 N–H and O–H groups in total. The second kappa shape index (κ2) is 3.52. The molecule has 0 bridgehead atoms. The van der Waals surface area contributed by atoms with E-state index in [1.54, 1.807) is 6.92 Å². The number of hydrogen-bond acceptors (Lipinski definition) is 5. The SMILES string of the molecule is CCOc1cc2n[nH]nc2cc1[N+](=O)[O-]. The fourth-order valence-electron chi connectivity index (χ4n) is 1.27. The van der Waals surface area contributed by atoms with E-state index in [2.05, 4.69) is 15.4 Å². The molecule has 0 aliphatic heterocycles. The Labute approximate surface area is 84.2 Å². The molecule has 2 rings (SSSR count). The van der Waals surface area contributed by atoms with Gasteiger partial charge < -0.3 is 4.74 Å². The number of rotatable bonds is 3. The Morgan fingerprint density at radius 3 is 2.73 bits per heavy atom. The quantitative estimate of drug-likeness (QED) is 0.605. The fraction of sp³-hybridized carbons (Fsp3) is 0.250. The third-order valence-electron chi connectivity index (χ3n) is 1.89. The summed E-state index contributed by atoms with van der Waals surface area (Å²) < 4.78 is 5.15. The third-order valence-corrected chi connectivity index (χ3v) is 1.89. The second-order valence-corrected chi connectivity index (χ2v) is 2.82. The summed E-state index contributed by atoms with van der Waals surface area (Å²) in [6.45, 7) is 2.13. The molecule has 0 amide bonds. The van der Waals surface area contributed by atoms with Crippen molar-refractivity contribution < 1.29 is 9.66 Å². The molecule has 0 saturated heterocycles. The number of nitrogens with one attached hydrogen (secondary N) is 1. The fourth-order valence-corrected chi connectivity index (χ4v) is 1.27. The van der Waals surface area contributed by atoms with Crippen molar-refractivity contribution >= 4 is 16.7 Å². The van der Waals surface area contributed by atoms with E-state index in [4.69, 9.17) is 4.74 Å². The van der Waals surface area contributed by atoms with Crippen LogP contribution in [-0.2, 0) is 0 Å². The lowest BCUT2D eigenvalue weighted by atomic mass is 10.2. The van der Waals surface area contributed by atoms with Crippen LogP contribution in [0.5, 0.6) is 5.75 Å². The molecule has 0 aliphatic carbocycles. The number of aromatic amines is 1. The minimum absolute atomic E-state index is 0.0988. The molecule has 1 aromatic heterocycles. The van der Waals surface area contributed by atoms with Gasteiger partial charge in [-0.15, -0.1) is 0 Å². The first-order valence-electron chi connectivity index (χ1n) is 4.34. The monoisotopic (exact) mass is 208 g/mol. The van der Waals surface area contributed by atoms with Crippen LogP contribution in [0.2, 0.25) is 0 Å². The normalized spacial score (nSPS) is 10.5. The van der Waals surface area contributed by atoms with Crippen LogP contribution < -0.4 is 4.74 Å². The second-order valence-electron chi connectivity index (χ2n) is 2.82. The van der Waals surface area contributed by atoms with E-state index in [1.807, 2.05) is 0 Å². The standard InChI is InChI=1S/C8H8N4O3/c1-2-15-8-4-6-5(9-11-10-6)3-7(8)12(13)14/h3-4H,2H2,1H3,(H,9,10,11). The van der Waals surface area contributed by atoms with Gasteiger partial charge in [0, 0.05) is 12.1 Å². The van der Waals surface area contributed by atoms with Crippen molar-refractivity contribution in [2.75, 3.05) is 6.61 Å². The number of benzene rings is 1. The first-order chi connectivity index (χ1) is 7.22. The van der Waals surface area contributed by atoms with Crippen LogP contribution in [0.15, 0.2) is 12.1 Å². The Morgan fingerprint density at radius 1 is 1.47 bits per heavy atom. The van der Waals surface area contributed by atoms with Gasteiger partial charge in [-0.1, -0.05) is 0 Å². The van der Waals surface area contributed by atoms with Crippen LogP contribution in [0.25, 0.3) is 11.0 Å². The molecule has 2 aromatic rings. The summed E-state index contributed by atoms with van der Waals surface area (Å²) in [5.74, 6) is 0.212. The van der Waals surface area contributed by atoms with E-state index in [0.29, 0.717) is 17.6 Å². The maximum absolute atomic E-state index is 10.7. The molecular weight excluding hydrogens is 200 g/mol. The van der Waals surface area contributed by atoms with Gasteiger partial charge in [-0.2, -0.15) is 15.4 Å². The van der Waals surface area contributed by atoms with Gasteiger partial charge in [-0.05, 0) is 6.92 Å². The maximum atomic E-state index is 10.7. The summed E-state index contributed by atoms with van der Waals surface area (Å²) in [5, 5.41) is 20.7. The van der Waals surface area contributed by atoms with Crippen molar-refractivity contribution in [3.05, 3.63) is 22.2 Å². The summed E-state index contributed by atoms with van der Waals surface area (Å²) in [6.07, 6.45) is 0. The number of nitro groups is 1. The Balaban J connectivity index is 2.62. The molecule has 0 fully saturated rings. The van der Waals surface area contributed by atoms with Crippen LogP contribution in [0.3, 0.4) is 0 Å². The van der Waals surface area contributed by atoms with Gasteiger partial charge in [0.1, 0.15) is 11.0 Å². The largest absolute Gasteiger partial charge is 0.487 e. The lowest BCUT2D eigenvalue weighted by Gasteiger charge is -2.02. The van der Waals surface area contributed by atoms with Crippen LogP contribution >= 0.6 is 0 Å². The van der Waals surface area contributed by atoms with E-state index < -0.39 is 4.92 Å². The molecule has 1 heterocycles. The van der Waals surface area contributed by atoms with Crippen LogP contribution in [0.1, 0.15) is 6.92 Å². The highest BCUT2D eigenvalue weighted by Crippen LogP contribution is 2.30. The van der Waals surface area contributed by atoms with E-state index in [-0.39, 0.29) is 11.4 Å². The van der Waals surface area contributed by atoms with Gasteiger partial charge in [-0.25, -0.2) is 0 Å². The Kier molecular flexibility index (Phi) is 2.20. The number of fused-ring (bicyclic) bond motifs is 1. The van der Waals surface area contributed by atoms with Gasteiger partial charge >= 0.3 is 5.69 Å². The Morgan fingerprint density at radius 2 is 2.13 bits per heavy atom. The molecule has 7 heteroatoms. The van der Waals surface area contributed by atoms with E-state index in [1.165, 1.54) is 12.1 Å². The number of aromatic nitrogens is 3. The van der Waals surface area contributed by atoms with Crippen LogP contribution in [0, 0.1) is 10.1 Å². The zero-order chi connectivity index (χ0) is 10.8. The van der Waals surface area contributed by atoms with Crippen molar-refractivity contribution in [1.29, 1.82) is 0 Å². The first kappa shape index (κ1) is 9.38. The van der Waals surface area contributed by atoms with E-state index in [0.717, 1.165) is 0 Å². The molecule has 0 spiro atoms. The van der Waals surface area contributed by atoms with Crippen molar-refractivity contribution in [3.63, 3.8) is 0 Å². The van der Waals surface area contributed by atoms with E-state index >= 15 is 0 Å². The predicted molar refractivity (Wildman–Crippen MR) is 51.7 cm³/mol. The highest BCUT2D eigenvalue weighted by Gasteiger charge is 2.17. The highest BCUT2D eigenvalue weighted by atomic mass is 16.6. The summed E-state index contributed by atoms with van der Waals surface area (Å²) in [6, 6.07) is 2.84. The maximum Gasteiger partial charge on any atom is 0.313 e. The first-order valence-corrected chi connectivity index (χ1v) is 4.34. The zero-order valence-electron chi connectivity index (χ0n) is 7.93. The van der Waals surface area contributed by atoms with Gasteiger partial charge in [0.15, 0.2) is 5.75 Å². The lowest BCUT2D eigenvalue weighted by molar-refractivity contribution is -0.385. The molecular formula is C8H8N4O3. The van der Waals surface area contributed by atoms with Gasteiger partial charge in [0.25, 0.3) is 0 Å². The number of ether oxygens (including phenoxy) is 1. The van der Waals surface area contributed by atoms with Crippen LogP contribution in [0.4, 0.5) is 5.69 Å². The van der Waals surface area contributed by atoms with Crippen LogP contribution in [-0.4, -0.2) is 26.9 Å². The van der Waals surface area contributed by atoms with Gasteiger partial charge in [-0.3, -0.25) is 10.1 Å². The van der Waals surface area contributed by atoms with Gasteiger partial charge in [0.05, 0.1) is 11.5 Å². The van der Waals surface area contributed by atoms with Crippen molar-refractivity contribution in [2.45, 2.75) is 6.92 Å². The number of hydrogen-bond donors (Lipinski definition) is 1. The predicted octanol–water partition coefficient (Wildman–Crippen LogP) is 1.26. The minimum Gasteiger partial charge on any atom is -0.487 e. The van der Waals surface area contributed by atoms with Gasteiger partial charge in [0.2, 0.25) is 0 Å². The summed E-state index contributed by atoms with van der Waals surface area (Å²) in [5.41, 5.74) is 0.896. The van der Waals surface area contributed by atoms with Crippen molar-refractivity contribution in [2.24, 2.45) is 0 Å². The Hall–Kier alpha value is -2.18. The number of nitrogens with zero attached hydrogens (tertiary/aromatic N) is 3. The minimum atomic E-state index is -0.501. The zero-order valence-corrected chi connectivity index (χ0v) is 7.93. The highest BCUT2D eigenvalue weighted by molar-refractivity contribution is 5.79. The Bertz CT molecular complexity index is 508. The molecule has 1 aromatic carbocycles. The summed E-state index contributed by atoms with van der Waals surface area (Å²) in [7, 11) is 0. The lowest BCUT2D eigenvalue weighted by Crippen LogP contribution is -1.97. The molecule has 78 valence electrons. The third kappa shape index (κ3) is 1.58. The average Bonchev–Trinajstić information content (AvgIpc) is 2.63. The summed E-state index contributed by atoms with van der Waals surface area (Å²) >= 11 is 0. The molecule has 7 nitrogen and oxygen atoms in total. The smallest absolute Gasteiger partial charge is 0.313 e. The number of H-pyrrole nitrogens is 1. The average molecular weight is 208 g/mol. The van der Waals surface area contributed by atoms with Crippen molar-refractivity contribution in [1.82, 2.24) is 15.4 Å². The molecule has 0 aliphatic rings. The molecule has 0 saturated carbocycles. The molecule has 15 heavy (non-hydrogen) atoms. The number of nitro benzene ring substituents is 1.